The quantitative estimate of drug-likeness (QED) is 0.791. The first-order chi connectivity index (χ1) is 11.9. The highest BCUT2D eigenvalue weighted by Crippen LogP contribution is 2.30. The highest BCUT2D eigenvalue weighted by Gasteiger charge is 2.19. The molecule has 1 saturated heterocycles. The van der Waals surface area contributed by atoms with E-state index in [1.807, 2.05) is 12.1 Å². The van der Waals surface area contributed by atoms with Gasteiger partial charge in [-0.05, 0) is 31.3 Å². The molecule has 25 heavy (non-hydrogen) atoms. The van der Waals surface area contributed by atoms with Crippen LogP contribution in [0.4, 0.5) is 11.4 Å². The number of halogens is 3. The third-order valence-electron chi connectivity index (χ3n) is 4.11. The maximum absolute atomic E-state index is 12.6. The Morgan fingerprint density at radius 2 is 1.84 bits per heavy atom. The van der Waals surface area contributed by atoms with Gasteiger partial charge in [0.15, 0.2) is 0 Å². The van der Waals surface area contributed by atoms with Crippen LogP contribution in [0, 0.1) is 0 Å². The average molecular weight is 400 g/mol. The third kappa shape index (κ3) is 4.36. The van der Waals surface area contributed by atoms with E-state index in [1.54, 1.807) is 6.07 Å². The molecule has 0 bridgehead atoms. The van der Waals surface area contributed by atoms with Gasteiger partial charge in [-0.2, -0.15) is 0 Å². The second-order valence-electron chi connectivity index (χ2n) is 5.90. The van der Waals surface area contributed by atoms with Crippen LogP contribution in [0.25, 0.3) is 0 Å². The number of aromatic nitrogens is 1. The number of hydrogen-bond acceptors (Lipinski definition) is 4. The number of piperazine rings is 1. The molecule has 0 radical (unpaired) electrons. The van der Waals surface area contributed by atoms with E-state index in [0.29, 0.717) is 16.3 Å². The van der Waals surface area contributed by atoms with Crippen molar-refractivity contribution in [2.45, 2.75) is 0 Å². The number of rotatable bonds is 3. The van der Waals surface area contributed by atoms with Crippen LogP contribution in [-0.4, -0.2) is 49.0 Å². The summed E-state index contributed by atoms with van der Waals surface area (Å²) in [6, 6.07) is 6.99. The Labute approximate surface area is 161 Å². The molecule has 8 heteroatoms. The molecule has 132 valence electrons. The number of likely N-dealkylation sites (N-methyl/N-ethyl adjacent to an activating group) is 1. The van der Waals surface area contributed by atoms with Crippen LogP contribution in [0.3, 0.4) is 0 Å². The molecule has 0 aliphatic carbocycles. The van der Waals surface area contributed by atoms with E-state index >= 15 is 0 Å². The van der Waals surface area contributed by atoms with Gasteiger partial charge in [-0.25, -0.2) is 4.98 Å². The largest absolute Gasteiger partial charge is 0.367 e. The first kappa shape index (κ1) is 18.3. The summed E-state index contributed by atoms with van der Waals surface area (Å²) in [6.45, 7) is 3.70. The average Bonchev–Trinajstić information content (AvgIpc) is 2.58. The number of nitrogens with one attached hydrogen (secondary N) is 1. The van der Waals surface area contributed by atoms with Crippen molar-refractivity contribution >= 4 is 52.1 Å². The van der Waals surface area contributed by atoms with E-state index in [-0.39, 0.29) is 16.1 Å². The molecule has 2 aromatic rings. The summed E-state index contributed by atoms with van der Waals surface area (Å²) in [4.78, 5) is 21.0. The summed E-state index contributed by atoms with van der Waals surface area (Å²) in [5.41, 5.74) is 1.94. The maximum atomic E-state index is 12.6. The summed E-state index contributed by atoms with van der Waals surface area (Å²) in [5, 5.41) is 3.86. The van der Waals surface area contributed by atoms with E-state index in [4.69, 9.17) is 34.8 Å². The highest BCUT2D eigenvalue weighted by molar-refractivity contribution is 6.41. The molecular formula is C17H17Cl3N4O. The fourth-order valence-corrected chi connectivity index (χ4v) is 3.11. The van der Waals surface area contributed by atoms with Crippen molar-refractivity contribution in [3.05, 3.63) is 51.2 Å². The van der Waals surface area contributed by atoms with Gasteiger partial charge in [0.1, 0.15) is 5.15 Å². The summed E-state index contributed by atoms with van der Waals surface area (Å²) in [7, 11) is 2.10. The van der Waals surface area contributed by atoms with E-state index in [0.717, 1.165) is 31.9 Å². The third-order valence-corrected chi connectivity index (χ3v) is 5.03. The molecule has 0 spiro atoms. The van der Waals surface area contributed by atoms with Crippen LogP contribution in [0.15, 0.2) is 30.5 Å². The zero-order valence-electron chi connectivity index (χ0n) is 13.6. The lowest BCUT2D eigenvalue weighted by atomic mass is 10.2. The molecule has 1 fully saturated rings. The second-order valence-corrected chi connectivity index (χ2v) is 7.10. The smallest absolute Gasteiger partial charge is 0.257 e. The van der Waals surface area contributed by atoms with Gasteiger partial charge in [-0.1, -0.05) is 34.8 Å². The Morgan fingerprint density at radius 1 is 1.12 bits per heavy atom. The standard InChI is InChI=1S/C17H17Cl3N4O/c1-23-4-6-24(7-5-23)15-3-2-12(18)9-14(15)22-17(25)11-8-13(19)16(20)21-10-11/h2-3,8-10H,4-7H2,1H3,(H,22,25). The summed E-state index contributed by atoms with van der Waals surface area (Å²) >= 11 is 17.9. The number of anilines is 2. The van der Waals surface area contributed by atoms with Crippen molar-refractivity contribution in [1.29, 1.82) is 0 Å². The fraction of sp³-hybridized carbons (Fsp3) is 0.294. The highest BCUT2D eigenvalue weighted by atomic mass is 35.5. The molecule has 1 aliphatic rings. The molecule has 0 atom stereocenters. The summed E-state index contributed by atoms with van der Waals surface area (Å²) in [5.74, 6) is -0.316. The number of benzene rings is 1. The lowest BCUT2D eigenvalue weighted by Gasteiger charge is -2.35. The number of carbonyl (C=O) groups excluding carboxylic acids is 1. The van der Waals surface area contributed by atoms with Crippen molar-refractivity contribution in [2.75, 3.05) is 43.4 Å². The van der Waals surface area contributed by atoms with Crippen molar-refractivity contribution in [1.82, 2.24) is 9.88 Å². The van der Waals surface area contributed by atoms with Crippen LogP contribution in [0.2, 0.25) is 15.2 Å². The number of nitrogens with zero attached hydrogens (tertiary/aromatic N) is 3. The van der Waals surface area contributed by atoms with Gasteiger partial charge in [0.25, 0.3) is 5.91 Å². The van der Waals surface area contributed by atoms with Crippen molar-refractivity contribution in [2.24, 2.45) is 0 Å². The van der Waals surface area contributed by atoms with Gasteiger partial charge in [0, 0.05) is 37.4 Å². The van der Waals surface area contributed by atoms with Gasteiger partial charge < -0.3 is 15.1 Å². The Morgan fingerprint density at radius 3 is 2.52 bits per heavy atom. The first-order valence-corrected chi connectivity index (χ1v) is 8.93. The van der Waals surface area contributed by atoms with Gasteiger partial charge in [-0.3, -0.25) is 4.79 Å². The number of carbonyl (C=O) groups is 1. The Balaban J connectivity index is 1.84. The molecule has 1 aromatic carbocycles. The van der Waals surface area contributed by atoms with Crippen molar-refractivity contribution < 1.29 is 4.79 Å². The number of hydrogen-bond donors (Lipinski definition) is 1. The van der Waals surface area contributed by atoms with Crippen LogP contribution in [-0.2, 0) is 0 Å². The lowest BCUT2D eigenvalue weighted by Crippen LogP contribution is -2.44. The summed E-state index contributed by atoms with van der Waals surface area (Å²) in [6.07, 6.45) is 1.39. The van der Waals surface area contributed by atoms with E-state index in [9.17, 15) is 4.79 Å². The van der Waals surface area contributed by atoms with Gasteiger partial charge in [-0.15, -0.1) is 0 Å². The maximum Gasteiger partial charge on any atom is 0.257 e. The molecule has 3 rings (SSSR count). The van der Waals surface area contributed by atoms with Gasteiger partial charge in [0.2, 0.25) is 0 Å². The minimum absolute atomic E-state index is 0.166. The van der Waals surface area contributed by atoms with Crippen molar-refractivity contribution in [3.63, 3.8) is 0 Å². The van der Waals surface area contributed by atoms with Crippen LogP contribution in [0.5, 0.6) is 0 Å². The molecule has 1 N–H and O–H groups in total. The van der Waals surface area contributed by atoms with Gasteiger partial charge in [0.05, 0.1) is 22.0 Å². The topological polar surface area (TPSA) is 48.5 Å². The monoisotopic (exact) mass is 398 g/mol. The SMILES string of the molecule is CN1CCN(c2ccc(Cl)cc2NC(=O)c2cnc(Cl)c(Cl)c2)CC1. The molecule has 2 heterocycles. The Hall–Kier alpha value is -1.53. The Bertz CT molecular complexity index is 791. The molecule has 1 aromatic heterocycles. The van der Waals surface area contributed by atoms with Crippen LogP contribution < -0.4 is 10.2 Å². The summed E-state index contributed by atoms with van der Waals surface area (Å²) < 4.78 is 0. The minimum atomic E-state index is -0.316. The number of pyridine rings is 1. The van der Waals surface area contributed by atoms with E-state index in [1.165, 1.54) is 12.3 Å². The zero-order valence-corrected chi connectivity index (χ0v) is 15.9. The molecule has 1 amide bonds. The normalized spacial score (nSPS) is 15.3. The fourth-order valence-electron chi connectivity index (χ4n) is 2.67. The number of amides is 1. The molecule has 1 aliphatic heterocycles. The Kier molecular flexibility index (Phi) is 5.69. The molecule has 5 nitrogen and oxygen atoms in total. The van der Waals surface area contributed by atoms with E-state index in [2.05, 4.69) is 27.1 Å². The minimum Gasteiger partial charge on any atom is -0.367 e. The molecule has 0 saturated carbocycles. The van der Waals surface area contributed by atoms with Gasteiger partial charge >= 0.3 is 0 Å². The predicted molar refractivity (Wildman–Crippen MR) is 103 cm³/mol. The van der Waals surface area contributed by atoms with Crippen LogP contribution in [0.1, 0.15) is 10.4 Å². The second kappa shape index (κ2) is 7.79. The first-order valence-electron chi connectivity index (χ1n) is 7.79. The van der Waals surface area contributed by atoms with Crippen molar-refractivity contribution in [3.8, 4) is 0 Å². The van der Waals surface area contributed by atoms with E-state index < -0.39 is 0 Å². The lowest BCUT2D eigenvalue weighted by molar-refractivity contribution is 0.102. The molecular weight excluding hydrogens is 383 g/mol. The molecule has 0 unspecified atom stereocenters. The predicted octanol–water partition coefficient (Wildman–Crippen LogP) is 4.05. The zero-order chi connectivity index (χ0) is 18.0. The van der Waals surface area contributed by atoms with Crippen LogP contribution >= 0.6 is 34.8 Å².